The van der Waals surface area contributed by atoms with Crippen molar-refractivity contribution in [2.24, 2.45) is 5.92 Å². The zero-order chi connectivity index (χ0) is 15.7. The summed E-state index contributed by atoms with van der Waals surface area (Å²) >= 11 is 0. The molecule has 1 heterocycles. The predicted molar refractivity (Wildman–Crippen MR) is 83.0 cm³/mol. The third-order valence-corrected chi connectivity index (χ3v) is 4.18. The van der Waals surface area contributed by atoms with Gasteiger partial charge in [-0.15, -0.1) is 0 Å². The van der Waals surface area contributed by atoms with E-state index in [4.69, 9.17) is 9.47 Å². The lowest BCUT2D eigenvalue weighted by Crippen LogP contribution is -2.30. The van der Waals surface area contributed by atoms with Crippen molar-refractivity contribution in [2.45, 2.75) is 77.1 Å². The van der Waals surface area contributed by atoms with Crippen LogP contribution in [0.2, 0.25) is 0 Å². The first-order valence-electron chi connectivity index (χ1n) is 8.14. The summed E-state index contributed by atoms with van der Waals surface area (Å²) in [6, 6.07) is 0. The molecule has 1 N–H and O–H groups in total. The van der Waals surface area contributed by atoms with Crippen molar-refractivity contribution in [2.75, 3.05) is 7.11 Å². The Bertz CT molecular complexity index is 327. The standard InChI is InChI=1S/C17H30O4/c1-4-5-6-8-13(2)16(20-3)12-14(18)11-15-9-7-10-17(19)21-15/h7,10,13-16,18H,4-6,8-9,11-12H2,1-3H3/t13-,14-,15+,16+/m1/s1. The van der Waals surface area contributed by atoms with E-state index in [1.165, 1.54) is 25.3 Å². The van der Waals surface area contributed by atoms with E-state index in [9.17, 15) is 9.90 Å². The lowest BCUT2D eigenvalue weighted by atomic mass is 9.91. The number of cyclic esters (lactones) is 1. The number of carbonyl (C=O) groups excluding carboxylic acids is 1. The highest BCUT2D eigenvalue weighted by Gasteiger charge is 2.24. The zero-order valence-corrected chi connectivity index (χ0v) is 13.6. The Morgan fingerprint density at radius 2 is 2.24 bits per heavy atom. The minimum Gasteiger partial charge on any atom is -0.459 e. The summed E-state index contributed by atoms with van der Waals surface area (Å²) in [6.07, 6.45) is 9.18. The van der Waals surface area contributed by atoms with Crippen LogP contribution in [0.25, 0.3) is 0 Å². The van der Waals surface area contributed by atoms with Crippen LogP contribution in [0.5, 0.6) is 0 Å². The largest absolute Gasteiger partial charge is 0.459 e. The summed E-state index contributed by atoms with van der Waals surface area (Å²) in [6.45, 7) is 4.38. The molecule has 0 aromatic heterocycles. The molecule has 0 unspecified atom stereocenters. The minimum atomic E-state index is -0.493. The van der Waals surface area contributed by atoms with Crippen LogP contribution in [0.1, 0.15) is 58.8 Å². The number of methoxy groups -OCH3 is 1. The molecule has 0 fully saturated rings. The fraction of sp³-hybridized carbons (Fsp3) is 0.824. The molecule has 0 saturated carbocycles. The van der Waals surface area contributed by atoms with Gasteiger partial charge < -0.3 is 14.6 Å². The second kappa shape index (κ2) is 9.96. The second-order valence-electron chi connectivity index (χ2n) is 6.07. The van der Waals surface area contributed by atoms with Crippen LogP contribution < -0.4 is 0 Å². The van der Waals surface area contributed by atoms with E-state index in [0.29, 0.717) is 25.2 Å². The summed E-state index contributed by atoms with van der Waals surface area (Å²) in [5, 5.41) is 10.2. The number of carbonyl (C=O) groups is 1. The summed E-state index contributed by atoms with van der Waals surface area (Å²) < 4.78 is 10.7. The number of esters is 1. The summed E-state index contributed by atoms with van der Waals surface area (Å²) in [5.41, 5.74) is 0. The number of hydrogen-bond acceptors (Lipinski definition) is 4. The van der Waals surface area contributed by atoms with Gasteiger partial charge in [-0.1, -0.05) is 39.2 Å². The van der Waals surface area contributed by atoms with Crippen molar-refractivity contribution < 1.29 is 19.4 Å². The van der Waals surface area contributed by atoms with Gasteiger partial charge in [-0.25, -0.2) is 4.79 Å². The molecular formula is C17H30O4. The molecule has 1 rings (SSSR count). The number of aliphatic hydroxyl groups is 1. The Balaban J connectivity index is 2.34. The van der Waals surface area contributed by atoms with Gasteiger partial charge in [0.2, 0.25) is 0 Å². The molecule has 4 nitrogen and oxygen atoms in total. The van der Waals surface area contributed by atoms with Crippen molar-refractivity contribution in [1.82, 2.24) is 0 Å². The normalized spacial score (nSPS) is 22.7. The van der Waals surface area contributed by atoms with Crippen molar-refractivity contribution >= 4 is 5.97 Å². The van der Waals surface area contributed by atoms with Gasteiger partial charge in [0.25, 0.3) is 0 Å². The number of rotatable bonds is 10. The molecule has 0 aliphatic carbocycles. The van der Waals surface area contributed by atoms with Gasteiger partial charge in [0, 0.05) is 26.0 Å². The van der Waals surface area contributed by atoms with Gasteiger partial charge in [-0.3, -0.25) is 0 Å². The van der Waals surface area contributed by atoms with Gasteiger partial charge in [0.1, 0.15) is 6.10 Å². The lowest BCUT2D eigenvalue weighted by molar-refractivity contribution is -0.145. The minimum absolute atomic E-state index is 0.0618. The quantitative estimate of drug-likeness (QED) is 0.497. The first-order chi connectivity index (χ1) is 10.1. The molecule has 0 amide bonds. The molecule has 1 aliphatic rings. The van der Waals surface area contributed by atoms with Crippen molar-refractivity contribution in [3.8, 4) is 0 Å². The third kappa shape index (κ3) is 7.09. The Hall–Kier alpha value is -0.870. The predicted octanol–water partition coefficient (Wildman–Crippen LogP) is 3.23. The molecule has 0 saturated heterocycles. The number of unbranched alkanes of at least 4 members (excludes halogenated alkanes) is 2. The summed E-state index contributed by atoms with van der Waals surface area (Å²) in [7, 11) is 1.71. The average molecular weight is 298 g/mol. The molecule has 1 aliphatic heterocycles. The van der Waals surface area contributed by atoms with E-state index in [1.807, 2.05) is 6.08 Å². The van der Waals surface area contributed by atoms with Crippen LogP contribution in [0.15, 0.2) is 12.2 Å². The molecule has 0 aromatic rings. The summed E-state index contributed by atoms with van der Waals surface area (Å²) in [5.74, 6) is 0.125. The Morgan fingerprint density at radius 1 is 1.48 bits per heavy atom. The smallest absolute Gasteiger partial charge is 0.330 e. The molecule has 21 heavy (non-hydrogen) atoms. The highest BCUT2D eigenvalue weighted by atomic mass is 16.5. The number of hydrogen-bond donors (Lipinski definition) is 1. The maximum atomic E-state index is 11.2. The van der Waals surface area contributed by atoms with Crippen molar-refractivity contribution in [1.29, 1.82) is 0 Å². The van der Waals surface area contributed by atoms with E-state index in [2.05, 4.69) is 13.8 Å². The SMILES string of the molecule is CCCCC[C@@H](C)[C@H](C[C@H](O)C[C@@H]1CC=CC(=O)O1)OC. The van der Waals surface area contributed by atoms with Crippen LogP contribution in [-0.2, 0) is 14.3 Å². The van der Waals surface area contributed by atoms with Gasteiger partial charge >= 0.3 is 5.97 Å². The second-order valence-corrected chi connectivity index (χ2v) is 6.07. The van der Waals surface area contributed by atoms with Crippen LogP contribution in [0, 0.1) is 5.92 Å². The van der Waals surface area contributed by atoms with Crippen molar-refractivity contribution in [3.05, 3.63) is 12.2 Å². The van der Waals surface area contributed by atoms with Crippen LogP contribution in [0.4, 0.5) is 0 Å². The average Bonchev–Trinajstić information content (AvgIpc) is 2.44. The highest BCUT2D eigenvalue weighted by Crippen LogP contribution is 2.22. The van der Waals surface area contributed by atoms with E-state index < -0.39 is 6.10 Å². The molecule has 4 heteroatoms. The Morgan fingerprint density at radius 3 is 2.86 bits per heavy atom. The zero-order valence-electron chi connectivity index (χ0n) is 13.6. The van der Waals surface area contributed by atoms with E-state index in [-0.39, 0.29) is 18.2 Å². The number of ether oxygens (including phenoxy) is 2. The fourth-order valence-corrected chi connectivity index (χ4v) is 2.84. The Kier molecular flexibility index (Phi) is 8.62. The molecule has 0 radical (unpaired) electrons. The van der Waals surface area contributed by atoms with Crippen LogP contribution >= 0.6 is 0 Å². The van der Waals surface area contributed by atoms with Crippen LogP contribution in [-0.4, -0.2) is 36.5 Å². The van der Waals surface area contributed by atoms with E-state index in [0.717, 1.165) is 6.42 Å². The highest BCUT2D eigenvalue weighted by molar-refractivity contribution is 5.82. The summed E-state index contributed by atoms with van der Waals surface area (Å²) in [4.78, 5) is 11.2. The van der Waals surface area contributed by atoms with Gasteiger partial charge in [0.15, 0.2) is 0 Å². The molecule has 0 bridgehead atoms. The monoisotopic (exact) mass is 298 g/mol. The molecule has 0 aromatic carbocycles. The maximum Gasteiger partial charge on any atom is 0.330 e. The first-order valence-corrected chi connectivity index (χ1v) is 8.14. The van der Waals surface area contributed by atoms with E-state index >= 15 is 0 Å². The number of aliphatic hydroxyl groups excluding tert-OH is 1. The Labute approximate surface area is 128 Å². The molecule has 122 valence electrons. The molecular weight excluding hydrogens is 268 g/mol. The van der Waals surface area contributed by atoms with Crippen LogP contribution in [0.3, 0.4) is 0 Å². The maximum absolute atomic E-state index is 11.2. The van der Waals surface area contributed by atoms with Gasteiger partial charge in [0.05, 0.1) is 12.2 Å². The lowest BCUT2D eigenvalue weighted by Gasteiger charge is -2.27. The third-order valence-electron chi connectivity index (χ3n) is 4.18. The first kappa shape index (κ1) is 18.2. The fourth-order valence-electron chi connectivity index (χ4n) is 2.84. The van der Waals surface area contributed by atoms with E-state index in [1.54, 1.807) is 7.11 Å². The molecule has 0 spiro atoms. The molecule has 4 atom stereocenters. The van der Waals surface area contributed by atoms with Gasteiger partial charge in [-0.05, 0) is 18.8 Å². The van der Waals surface area contributed by atoms with Gasteiger partial charge in [-0.2, -0.15) is 0 Å². The topological polar surface area (TPSA) is 55.8 Å². The van der Waals surface area contributed by atoms with Crippen molar-refractivity contribution in [3.63, 3.8) is 0 Å².